The smallest absolute Gasteiger partial charge is 0.335 e. The number of carboxylic acids is 1. The van der Waals surface area contributed by atoms with Crippen molar-refractivity contribution in [3.8, 4) is 5.75 Å². The molecule has 2 rings (SSSR count). The van der Waals surface area contributed by atoms with E-state index < -0.39 is 5.97 Å². The summed E-state index contributed by atoms with van der Waals surface area (Å²) in [6.07, 6.45) is 0. The number of nitrogens with zero attached hydrogens (tertiary/aromatic N) is 1. The molecule has 1 aromatic heterocycles. The molecule has 19 heavy (non-hydrogen) atoms. The zero-order valence-electron chi connectivity index (χ0n) is 11.1. The lowest BCUT2D eigenvalue weighted by atomic mass is 10.2. The van der Waals surface area contributed by atoms with Gasteiger partial charge in [0.05, 0.1) is 12.1 Å². The lowest BCUT2D eigenvalue weighted by Gasteiger charge is -2.11. The molecule has 0 aliphatic rings. The Balaban J connectivity index is 1.91. The molecule has 0 aliphatic carbocycles. The number of ether oxygens (including phenoxy) is 1. The molecule has 0 atom stereocenters. The lowest BCUT2D eigenvalue weighted by molar-refractivity contribution is 0.0697. The quantitative estimate of drug-likeness (QED) is 0.898. The predicted molar refractivity (Wildman–Crippen MR) is 72.8 cm³/mol. The molecule has 0 unspecified atom stereocenters. The van der Waals surface area contributed by atoms with E-state index in [2.05, 4.69) is 30.5 Å². The van der Waals surface area contributed by atoms with Gasteiger partial charge >= 0.3 is 5.97 Å². The van der Waals surface area contributed by atoms with Gasteiger partial charge in [0.1, 0.15) is 12.4 Å². The van der Waals surface area contributed by atoms with Crippen LogP contribution < -0.4 is 4.74 Å². The number of hydrogen-bond donors (Lipinski definition) is 1. The first kappa shape index (κ1) is 13.2. The van der Waals surface area contributed by atoms with Gasteiger partial charge in [0.2, 0.25) is 0 Å². The summed E-state index contributed by atoms with van der Waals surface area (Å²) >= 11 is 0. The van der Waals surface area contributed by atoms with Crippen LogP contribution in [0.1, 0.15) is 21.7 Å². The van der Waals surface area contributed by atoms with Crippen LogP contribution in [0.3, 0.4) is 0 Å². The molecule has 0 bridgehead atoms. The molecule has 0 aliphatic heterocycles. The van der Waals surface area contributed by atoms with Crippen molar-refractivity contribution in [2.24, 2.45) is 0 Å². The maximum absolute atomic E-state index is 10.7. The van der Waals surface area contributed by atoms with E-state index in [4.69, 9.17) is 9.84 Å². The highest BCUT2D eigenvalue weighted by Crippen LogP contribution is 2.13. The first-order chi connectivity index (χ1) is 9.08. The molecule has 1 aromatic carbocycles. The average Bonchev–Trinajstić information content (AvgIpc) is 2.71. The highest BCUT2D eigenvalue weighted by Gasteiger charge is 2.03. The molecule has 2 aromatic rings. The Bertz CT molecular complexity index is 550. The minimum atomic E-state index is -0.926. The van der Waals surface area contributed by atoms with Crippen LogP contribution in [0.25, 0.3) is 0 Å². The Hall–Kier alpha value is -2.23. The van der Waals surface area contributed by atoms with Crippen molar-refractivity contribution in [3.05, 3.63) is 53.3 Å². The molecule has 0 spiro atoms. The Morgan fingerprint density at radius 1 is 1.11 bits per heavy atom. The van der Waals surface area contributed by atoms with Crippen molar-refractivity contribution in [2.75, 3.05) is 6.61 Å². The van der Waals surface area contributed by atoms with E-state index in [0.29, 0.717) is 12.4 Å². The summed E-state index contributed by atoms with van der Waals surface area (Å²) in [6.45, 7) is 5.47. The Morgan fingerprint density at radius 2 is 1.68 bits per heavy atom. The van der Waals surface area contributed by atoms with Crippen LogP contribution in [0.4, 0.5) is 0 Å². The molecule has 1 N–H and O–H groups in total. The third-order valence-electron chi connectivity index (χ3n) is 3.10. The van der Waals surface area contributed by atoms with Crippen LogP contribution >= 0.6 is 0 Å². The normalized spacial score (nSPS) is 10.4. The molecule has 1 heterocycles. The van der Waals surface area contributed by atoms with Crippen molar-refractivity contribution in [2.45, 2.75) is 20.4 Å². The van der Waals surface area contributed by atoms with Gasteiger partial charge in [0, 0.05) is 11.4 Å². The number of aromatic carboxylic acids is 1. The van der Waals surface area contributed by atoms with Gasteiger partial charge in [-0.05, 0) is 50.2 Å². The number of aryl methyl sites for hydroxylation is 2. The second kappa shape index (κ2) is 5.61. The first-order valence-corrected chi connectivity index (χ1v) is 6.17. The second-order valence-electron chi connectivity index (χ2n) is 4.45. The topological polar surface area (TPSA) is 51.5 Å². The van der Waals surface area contributed by atoms with Gasteiger partial charge in [-0.1, -0.05) is 0 Å². The maximum atomic E-state index is 10.7. The highest BCUT2D eigenvalue weighted by molar-refractivity contribution is 5.87. The zero-order chi connectivity index (χ0) is 13.8. The van der Waals surface area contributed by atoms with Crippen LogP contribution in [-0.2, 0) is 6.54 Å². The van der Waals surface area contributed by atoms with E-state index in [1.54, 1.807) is 24.3 Å². The van der Waals surface area contributed by atoms with Crippen molar-refractivity contribution < 1.29 is 14.6 Å². The molecule has 0 radical (unpaired) electrons. The lowest BCUT2D eigenvalue weighted by Crippen LogP contribution is -2.10. The van der Waals surface area contributed by atoms with E-state index in [9.17, 15) is 4.79 Å². The summed E-state index contributed by atoms with van der Waals surface area (Å²) in [4.78, 5) is 10.7. The summed E-state index contributed by atoms with van der Waals surface area (Å²) in [7, 11) is 0. The highest BCUT2D eigenvalue weighted by atomic mass is 16.5. The van der Waals surface area contributed by atoms with Crippen LogP contribution in [0.15, 0.2) is 36.4 Å². The van der Waals surface area contributed by atoms with E-state index in [1.165, 1.54) is 11.4 Å². The van der Waals surface area contributed by atoms with Gasteiger partial charge in [-0.15, -0.1) is 0 Å². The standard InChI is InChI=1S/C15H17NO3/c1-11-3-4-12(2)16(11)9-10-19-14-7-5-13(6-8-14)15(17)18/h3-8H,9-10H2,1-2H3,(H,17,18). The zero-order valence-corrected chi connectivity index (χ0v) is 11.1. The molecule has 0 fully saturated rings. The molecule has 100 valence electrons. The largest absolute Gasteiger partial charge is 0.492 e. The average molecular weight is 259 g/mol. The number of benzene rings is 1. The van der Waals surface area contributed by atoms with Crippen molar-refractivity contribution in [3.63, 3.8) is 0 Å². The molecule has 0 saturated heterocycles. The summed E-state index contributed by atoms with van der Waals surface area (Å²) in [6, 6.07) is 10.6. The fourth-order valence-corrected chi connectivity index (χ4v) is 2.00. The van der Waals surface area contributed by atoms with Gasteiger partial charge in [0.15, 0.2) is 0 Å². The number of hydrogen-bond acceptors (Lipinski definition) is 2. The number of carboxylic acid groups (broad SMARTS) is 1. The molecule has 4 nitrogen and oxygen atoms in total. The SMILES string of the molecule is Cc1ccc(C)n1CCOc1ccc(C(=O)O)cc1. The van der Waals surface area contributed by atoms with Crippen molar-refractivity contribution in [1.82, 2.24) is 4.57 Å². The van der Waals surface area contributed by atoms with Gasteiger partial charge in [0.25, 0.3) is 0 Å². The number of rotatable bonds is 5. The summed E-state index contributed by atoms with van der Waals surface area (Å²) in [5.74, 6) is -0.238. The van der Waals surface area contributed by atoms with Crippen LogP contribution in [-0.4, -0.2) is 22.2 Å². The molecular formula is C15H17NO3. The van der Waals surface area contributed by atoms with Gasteiger partial charge < -0.3 is 14.4 Å². The monoisotopic (exact) mass is 259 g/mol. The van der Waals surface area contributed by atoms with Crippen LogP contribution in [0.2, 0.25) is 0 Å². The summed E-state index contributed by atoms with van der Waals surface area (Å²) < 4.78 is 7.80. The first-order valence-electron chi connectivity index (χ1n) is 6.17. The fourth-order valence-electron chi connectivity index (χ4n) is 2.00. The number of carbonyl (C=O) groups is 1. The van der Waals surface area contributed by atoms with Gasteiger partial charge in [-0.2, -0.15) is 0 Å². The summed E-state index contributed by atoms with van der Waals surface area (Å²) in [5, 5.41) is 8.79. The number of aromatic nitrogens is 1. The molecule has 0 saturated carbocycles. The van der Waals surface area contributed by atoms with E-state index in [1.807, 2.05) is 0 Å². The molecule has 4 heteroatoms. The van der Waals surface area contributed by atoms with Crippen molar-refractivity contribution >= 4 is 5.97 Å². The Morgan fingerprint density at radius 3 is 2.21 bits per heavy atom. The van der Waals surface area contributed by atoms with Crippen LogP contribution in [0.5, 0.6) is 5.75 Å². The van der Waals surface area contributed by atoms with Gasteiger partial charge in [-0.3, -0.25) is 0 Å². The Labute approximate surface area is 112 Å². The van der Waals surface area contributed by atoms with E-state index >= 15 is 0 Å². The Kier molecular flexibility index (Phi) is 3.90. The van der Waals surface area contributed by atoms with E-state index in [0.717, 1.165) is 6.54 Å². The maximum Gasteiger partial charge on any atom is 0.335 e. The third-order valence-corrected chi connectivity index (χ3v) is 3.10. The minimum absolute atomic E-state index is 0.268. The summed E-state index contributed by atoms with van der Waals surface area (Å²) in [5.41, 5.74) is 2.69. The minimum Gasteiger partial charge on any atom is -0.492 e. The van der Waals surface area contributed by atoms with Crippen LogP contribution in [0, 0.1) is 13.8 Å². The fraction of sp³-hybridized carbons (Fsp3) is 0.267. The molecule has 0 amide bonds. The van der Waals surface area contributed by atoms with E-state index in [-0.39, 0.29) is 5.56 Å². The van der Waals surface area contributed by atoms with Crippen molar-refractivity contribution in [1.29, 1.82) is 0 Å². The third kappa shape index (κ3) is 3.16. The molecular weight excluding hydrogens is 242 g/mol. The predicted octanol–water partition coefficient (Wildman–Crippen LogP) is 2.88. The second-order valence-corrected chi connectivity index (χ2v) is 4.45. The van der Waals surface area contributed by atoms with Gasteiger partial charge in [-0.25, -0.2) is 4.79 Å².